The van der Waals surface area contributed by atoms with Crippen molar-refractivity contribution in [3.05, 3.63) is 88.4 Å². The minimum absolute atomic E-state index is 0.0770. The quantitative estimate of drug-likeness (QED) is 0.502. The molecule has 1 heterocycles. The van der Waals surface area contributed by atoms with Crippen LogP contribution >= 0.6 is 0 Å². The van der Waals surface area contributed by atoms with E-state index in [1.807, 2.05) is 37.3 Å². The summed E-state index contributed by atoms with van der Waals surface area (Å²) in [5, 5.41) is 2.77. The van der Waals surface area contributed by atoms with E-state index in [4.69, 9.17) is 10.5 Å². The van der Waals surface area contributed by atoms with Crippen LogP contribution in [0.1, 0.15) is 30.5 Å². The number of nitrogens with one attached hydrogen (secondary N) is 1. The highest BCUT2D eigenvalue weighted by atomic mass is 32.2. The number of benzene rings is 2. The molecule has 1 aliphatic heterocycles. The molecule has 0 bridgehead atoms. The Bertz CT molecular complexity index is 1050. The molecule has 6 heteroatoms. The fourth-order valence-electron chi connectivity index (χ4n) is 2.99. The van der Waals surface area contributed by atoms with Crippen molar-refractivity contribution in [1.82, 2.24) is 5.32 Å². The van der Waals surface area contributed by atoms with Crippen LogP contribution in [-0.4, -0.2) is 21.6 Å². The van der Waals surface area contributed by atoms with Gasteiger partial charge in [0, 0.05) is 34.2 Å². The summed E-state index contributed by atoms with van der Waals surface area (Å²) in [6.45, 7) is 4.26. The molecule has 0 aromatic heterocycles. The Morgan fingerprint density at radius 3 is 2.57 bits per heavy atom. The molecule has 2 aromatic carbocycles. The van der Waals surface area contributed by atoms with Crippen LogP contribution in [0.25, 0.3) is 5.76 Å². The van der Waals surface area contributed by atoms with Crippen LogP contribution in [0.4, 0.5) is 5.69 Å². The Hall–Kier alpha value is -3.08. The summed E-state index contributed by atoms with van der Waals surface area (Å²) in [6.07, 6.45) is 2.78. The number of carbonyl (C=O) groups excluding carboxylic acids is 1. The second-order valence-corrected chi connectivity index (χ2v) is 8.51. The van der Waals surface area contributed by atoms with Crippen LogP contribution in [-0.2, 0) is 33.3 Å². The van der Waals surface area contributed by atoms with Crippen molar-refractivity contribution in [2.24, 2.45) is 0 Å². The monoisotopic (exact) mass is 422 g/mol. The van der Waals surface area contributed by atoms with Gasteiger partial charge in [-0.15, -0.1) is 0 Å². The molecule has 5 nitrogen and oxygen atoms in total. The second-order valence-electron chi connectivity index (χ2n) is 7.06. The predicted octanol–water partition coefficient (Wildman–Crippen LogP) is 3.70. The summed E-state index contributed by atoms with van der Waals surface area (Å²) in [5.74, 6) is 1.20. The summed E-state index contributed by atoms with van der Waals surface area (Å²) in [7, 11) is -1.35. The van der Waals surface area contributed by atoms with Crippen LogP contribution in [0.2, 0.25) is 0 Å². The van der Waals surface area contributed by atoms with E-state index in [0.29, 0.717) is 23.8 Å². The van der Waals surface area contributed by atoms with Gasteiger partial charge in [-0.2, -0.15) is 0 Å². The average Bonchev–Trinajstić information content (AvgIpc) is 2.74. The molecule has 0 spiro atoms. The fraction of sp³-hybridized carbons (Fsp3) is 0.250. The molecule has 0 radical (unpaired) electrons. The van der Waals surface area contributed by atoms with Crippen molar-refractivity contribution in [3.8, 4) is 0 Å². The van der Waals surface area contributed by atoms with Gasteiger partial charge in [0.05, 0.1) is 5.75 Å². The predicted molar refractivity (Wildman–Crippen MR) is 122 cm³/mol. The van der Waals surface area contributed by atoms with Crippen LogP contribution < -0.4 is 11.1 Å². The molecular formula is C24H26N2O3S. The largest absolute Gasteiger partial charge is 0.453 e. The molecule has 0 saturated carbocycles. The van der Waals surface area contributed by atoms with E-state index in [1.54, 1.807) is 12.1 Å². The van der Waals surface area contributed by atoms with Gasteiger partial charge in [0.2, 0.25) is 5.91 Å². The minimum atomic E-state index is -1.35. The number of nitrogens with two attached hydrogens (primary N) is 1. The number of rotatable bonds is 8. The third-order valence-electron chi connectivity index (χ3n) is 4.85. The number of aryl methyl sites for hydroxylation is 1. The number of carbonyl (C=O) groups is 1. The lowest BCUT2D eigenvalue weighted by Crippen LogP contribution is -2.29. The molecule has 3 N–H and O–H groups in total. The number of allylic oxidation sites excluding steroid dienone is 2. The van der Waals surface area contributed by atoms with E-state index < -0.39 is 10.8 Å². The zero-order chi connectivity index (χ0) is 21.5. The van der Waals surface area contributed by atoms with Crippen molar-refractivity contribution < 1.29 is 13.7 Å². The van der Waals surface area contributed by atoms with Gasteiger partial charge >= 0.3 is 0 Å². The number of anilines is 1. The molecule has 1 unspecified atom stereocenters. The highest BCUT2D eigenvalue weighted by Crippen LogP contribution is 2.25. The number of ether oxygens (including phenoxy) is 1. The van der Waals surface area contributed by atoms with Crippen molar-refractivity contribution >= 4 is 28.2 Å². The molecule has 2 aromatic rings. The van der Waals surface area contributed by atoms with Crippen molar-refractivity contribution in [1.29, 1.82) is 0 Å². The lowest BCUT2D eigenvalue weighted by Gasteiger charge is -2.15. The van der Waals surface area contributed by atoms with E-state index in [2.05, 4.69) is 30.1 Å². The van der Waals surface area contributed by atoms with Crippen LogP contribution in [0.3, 0.4) is 0 Å². The summed E-state index contributed by atoms with van der Waals surface area (Å²) >= 11 is 0. The van der Waals surface area contributed by atoms with Gasteiger partial charge in [0.15, 0.2) is 5.76 Å². The lowest BCUT2D eigenvalue weighted by atomic mass is 10.1. The number of nitrogen functional groups attached to an aromatic ring is 1. The first-order valence-corrected chi connectivity index (χ1v) is 11.3. The van der Waals surface area contributed by atoms with E-state index >= 15 is 0 Å². The maximum Gasteiger partial charge on any atom is 0.232 e. The molecule has 1 atom stereocenters. The maximum atomic E-state index is 12.4. The third kappa shape index (κ3) is 5.72. The SMILES string of the molecule is CCc1ccc(C2=C=CC(CS(=O)CC(=O)NCc3ccccc3N)=C(C)O2)cc1. The Morgan fingerprint density at radius 1 is 1.17 bits per heavy atom. The zero-order valence-electron chi connectivity index (χ0n) is 17.2. The Labute approximate surface area is 179 Å². The summed E-state index contributed by atoms with van der Waals surface area (Å²) in [4.78, 5) is 12.1. The van der Waals surface area contributed by atoms with Crippen LogP contribution in [0.15, 0.2) is 71.7 Å². The number of hydrogen-bond donors (Lipinski definition) is 2. The first-order chi connectivity index (χ1) is 14.5. The summed E-state index contributed by atoms with van der Waals surface area (Å²) in [6, 6.07) is 15.5. The normalized spacial score (nSPS) is 14.1. The second kappa shape index (κ2) is 10.1. The average molecular weight is 423 g/mol. The highest BCUT2D eigenvalue weighted by molar-refractivity contribution is 7.85. The minimum Gasteiger partial charge on any atom is -0.453 e. The number of amides is 1. The first-order valence-electron chi connectivity index (χ1n) is 9.85. The molecule has 1 aliphatic rings. The molecule has 0 fully saturated rings. The number of hydrogen-bond acceptors (Lipinski definition) is 4. The van der Waals surface area contributed by atoms with Gasteiger partial charge in [-0.05, 0) is 36.6 Å². The molecule has 156 valence electrons. The fourth-order valence-corrected chi connectivity index (χ4v) is 4.12. The topological polar surface area (TPSA) is 81.4 Å². The molecule has 0 aliphatic carbocycles. The van der Waals surface area contributed by atoms with Gasteiger partial charge in [-0.25, -0.2) is 0 Å². The van der Waals surface area contributed by atoms with Crippen molar-refractivity contribution in [2.75, 3.05) is 17.2 Å². The van der Waals surface area contributed by atoms with Gasteiger partial charge in [-0.3, -0.25) is 9.00 Å². The standard InChI is InChI=1S/C24H26N2O3S/c1-3-18-8-10-19(11-9-18)23-13-12-21(17(2)29-23)15-30(28)16-24(27)26-14-20-6-4-5-7-22(20)25/h4-12H,3,14-16,25H2,1-2H3,(H,26,27). The van der Waals surface area contributed by atoms with Crippen molar-refractivity contribution in [3.63, 3.8) is 0 Å². The zero-order valence-corrected chi connectivity index (χ0v) is 18.1. The van der Waals surface area contributed by atoms with E-state index in [1.165, 1.54) is 5.56 Å². The molecule has 1 amide bonds. The van der Waals surface area contributed by atoms with E-state index in [-0.39, 0.29) is 17.4 Å². The van der Waals surface area contributed by atoms with Gasteiger partial charge < -0.3 is 15.8 Å². The smallest absolute Gasteiger partial charge is 0.232 e. The molecule has 3 rings (SSSR count). The highest BCUT2D eigenvalue weighted by Gasteiger charge is 2.15. The third-order valence-corrected chi connectivity index (χ3v) is 6.07. The van der Waals surface area contributed by atoms with Crippen LogP contribution in [0, 0.1) is 0 Å². The lowest BCUT2D eigenvalue weighted by molar-refractivity contribution is -0.118. The molecule has 0 saturated heterocycles. The first kappa shape index (κ1) is 21.6. The number of para-hydroxylation sites is 1. The Balaban J connectivity index is 1.55. The van der Waals surface area contributed by atoms with Gasteiger partial charge in [0.25, 0.3) is 0 Å². The summed E-state index contributed by atoms with van der Waals surface area (Å²) < 4.78 is 18.3. The maximum absolute atomic E-state index is 12.4. The van der Waals surface area contributed by atoms with Gasteiger partial charge in [-0.1, -0.05) is 55.1 Å². The van der Waals surface area contributed by atoms with Gasteiger partial charge in [0.1, 0.15) is 11.5 Å². The molecular weight excluding hydrogens is 396 g/mol. The van der Waals surface area contributed by atoms with Crippen LogP contribution in [0.5, 0.6) is 0 Å². The van der Waals surface area contributed by atoms with Crippen molar-refractivity contribution in [2.45, 2.75) is 26.8 Å². The Morgan fingerprint density at radius 2 is 1.90 bits per heavy atom. The van der Waals surface area contributed by atoms with E-state index in [9.17, 15) is 9.00 Å². The van der Waals surface area contributed by atoms with E-state index in [0.717, 1.165) is 23.1 Å². The molecule has 30 heavy (non-hydrogen) atoms. The summed E-state index contributed by atoms with van der Waals surface area (Å²) in [5.41, 5.74) is 13.4. The Kier molecular flexibility index (Phi) is 7.28.